The zero-order chi connectivity index (χ0) is 31.4. The van der Waals surface area contributed by atoms with Gasteiger partial charge in [0.05, 0.1) is 17.8 Å². The van der Waals surface area contributed by atoms with Gasteiger partial charge < -0.3 is 9.80 Å². The van der Waals surface area contributed by atoms with Crippen LogP contribution in [0.1, 0.15) is 75.3 Å². The highest BCUT2D eigenvalue weighted by Gasteiger charge is 2.42. The third-order valence-electron chi connectivity index (χ3n) is 7.89. The molecule has 2 aliphatic rings. The SMILES string of the molecule is CC1CCN(c2ncc(C(F)(F)F)cn2)CCC1C.CC=C(C1CCc2c1n[nH]c(=O)c2C(F)(F)F)N(C)CC(C)=O. The Bertz CT molecular complexity index is 1310. The highest BCUT2D eigenvalue weighted by Crippen LogP contribution is 2.42. The summed E-state index contributed by atoms with van der Waals surface area (Å²) < 4.78 is 76.7. The lowest BCUT2D eigenvalue weighted by atomic mass is 9.92. The highest BCUT2D eigenvalue weighted by molar-refractivity contribution is 5.77. The minimum Gasteiger partial charge on any atom is -0.370 e. The maximum Gasteiger partial charge on any atom is 0.422 e. The number of Topliss-reactive ketones (excluding diaryl/α,β-unsaturated/α-hetero) is 1. The van der Waals surface area contributed by atoms with Gasteiger partial charge in [-0.2, -0.15) is 31.4 Å². The van der Waals surface area contributed by atoms with Crippen molar-refractivity contribution in [1.82, 2.24) is 25.1 Å². The van der Waals surface area contributed by atoms with Crippen LogP contribution in [-0.4, -0.2) is 57.5 Å². The van der Waals surface area contributed by atoms with E-state index in [1.807, 2.05) is 10.00 Å². The normalized spacial score (nSPS) is 21.3. The van der Waals surface area contributed by atoms with Crippen molar-refractivity contribution in [3.8, 4) is 0 Å². The summed E-state index contributed by atoms with van der Waals surface area (Å²) in [5.41, 5.74) is -2.24. The van der Waals surface area contributed by atoms with Crippen LogP contribution in [-0.2, 0) is 23.6 Å². The van der Waals surface area contributed by atoms with E-state index in [2.05, 4.69) is 28.9 Å². The van der Waals surface area contributed by atoms with Crippen molar-refractivity contribution in [1.29, 1.82) is 0 Å². The molecule has 0 spiro atoms. The maximum absolute atomic E-state index is 13.1. The number of rotatable bonds is 5. The molecule has 1 aliphatic carbocycles. The van der Waals surface area contributed by atoms with Gasteiger partial charge >= 0.3 is 12.4 Å². The van der Waals surface area contributed by atoms with Crippen LogP contribution in [0.5, 0.6) is 0 Å². The number of carbonyl (C=O) groups is 1. The Morgan fingerprint density at radius 1 is 1.05 bits per heavy atom. The molecule has 8 nitrogen and oxygen atoms in total. The minimum atomic E-state index is -4.71. The number of H-pyrrole nitrogens is 1. The summed E-state index contributed by atoms with van der Waals surface area (Å²) in [4.78, 5) is 34.2. The molecule has 3 unspecified atom stereocenters. The summed E-state index contributed by atoms with van der Waals surface area (Å²) in [6.07, 6.45) is -3.00. The van der Waals surface area contributed by atoms with Gasteiger partial charge in [-0.1, -0.05) is 19.9 Å². The van der Waals surface area contributed by atoms with Gasteiger partial charge in [-0.25, -0.2) is 15.1 Å². The number of likely N-dealkylation sites (N-methyl/N-ethyl adjacent to an activating group) is 1. The van der Waals surface area contributed by atoms with Crippen molar-refractivity contribution in [2.24, 2.45) is 11.8 Å². The molecule has 3 heterocycles. The fraction of sp³-hybridized carbons (Fsp3) is 0.607. The Balaban J connectivity index is 0.000000235. The van der Waals surface area contributed by atoms with Crippen LogP contribution in [0.2, 0.25) is 0 Å². The number of anilines is 1. The zero-order valence-corrected chi connectivity index (χ0v) is 24.2. The molecule has 0 amide bonds. The smallest absolute Gasteiger partial charge is 0.370 e. The van der Waals surface area contributed by atoms with Crippen molar-refractivity contribution < 1.29 is 31.1 Å². The number of hydrogen-bond donors (Lipinski definition) is 1. The Morgan fingerprint density at radius 2 is 1.62 bits per heavy atom. The first kappa shape index (κ1) is 33.1. The molecule has 1 fully saturated rings. The Kier molecular flexibility index (Phi) is 10.4. The van der Waals surface area contributed by atoms with Crippen LogP contribution in [0.4, 0.5) is 32.3 Å². The van der Waals surface area contributed by atoms with E-state index >= 15 is 0 Å². The van der Waals surface area contributed by atoms with E-state index in [1.54, 1.807) is 24.9 Å². The van der Waals surface area contributed by atoms with E-state index < -0.39 is 29.0 Å². The van der Waals surface area contributed by atoms with Gasteiger partial charge in [0.15, 0.2) is 0 Å². The lowest BCUT2D eigenvalue weighted by Crippen LogP contribution is -2.28. The number of nitrogens with zero attached hydrogens (tertiary/aromatic N) is 5. The first-order chi connectivity index (χ1) is 19.5. The molecule has 1 aliphatic heterocycles. The first-order valence-electron chi connectivity index (χ1n) is 13.7. The third kappa shape index (κ3) is 7.88. The molecule has 0 radical (unpaired) electrons. The van der Waals surface area contributed by atoms with Crippen LogP contribution in [0.3, 0.4) is 0 Å². The van der Waals surface area contributed by atoms with E-state index in [9.17, 15) is 35.9 Å². The monoisotopic (exact) mass is 602 g/mol. The Labute approximate surface area is 240 Å². The summed E-state index contributed by atoms with van der Waals surface area (Å²) >= 11 is 0. The quantitative estimate of drug-likeness (QED) is 0.445. The lowest BCUT2D eigenvalue weighted by Gasteiger charge is -2.26. The molecule has 3 atom stereocenters. The number of allylic oxidation sites excluding steroid dienone is 2. The van der Waals surface area contributed by atoms with E-state index in [-0.39, 0.29) is 35.9 Å². The topological polar surface area (TPSA) is 95.1 Å². The predicted octanol–water partition coefficient (Wildman–Crippen LogP) is 5.61. The molecular weight excluding hydrogens is 566 g/mol. The molecule has 4 rings (SSSR count). The molecule has 14 heteroatoms. The van der Waals surface area contributed by atoms with Crippen LogP contribution >= 0.6 is 0 Å². The maximum atomic E-state index is 13.1. The number of nitrogens with one attached hydrogen (secondary N) is 1. The van der Waals surface area contributed by atoms with Crippen molar-refractivity contribution in [3.63, 3.8) is 0 Å². The molecule has 2 aromatic rings. The second kappa shape index (κ2) is 13.2. The van der Waals surface area contributed by atoms with Crippen LogP contribution in [0, 0.1) is 11.8 Å². The van der Waals surface area contributed by atoms with Gasteiger partial charge in [0.2, 0.25) is 5.95 Å². The molecule has 1 saturated heterocycles. The summed E-state index contributed by atoms with van der Waals surface area (Å²) in [6, 6.07) is 0. The number of hydrogen-bond acceptors (Lipinski definition) is 7. The van der Waals surface area contributed by atoms with Gasteiger partial charge in [-0.3, -0.25) is 9.59 Å². The number of halogens is 6. The average Bonchev–Trinajstić information content (AvgIpc) is 3.22. The predicted molar refractivity (Wildman–Crippen MR) is 145 cm³/mol. The van der Waals surface area contributed by atoms with Crippen molar-refractivity contribution >= 4 is 11.7 Å². The van der Waals surface area contributed by atoms with Crippen LogP contribution in [0.15, 0.2) is 29.0 Å². The fourth-order valence-corrected chi connectivity index (χ4v) is 5.40. The van der Waals surface area contributed by atoms with Crippen molar-refractivity contribution in [2.45, 2.75) is 71.6 Å². The fourth-order valence-electron chi connectivity index (χ4n) is 5.40. The van der Waals surface area contributed by atoms with E-state index in [0.29, 0.717) is 24.2 Å². The number of fused-ring (bicyclic) bond motifs is 1. The summed E-state index contributed by atoms with van der Waals surface area (Å²) in [7, 11) is 1.71. The molecule has 0 saturated carbocycles. The Hall–Kier alpha value is -3.45. The lowest BCUT2D eigenvalue weighted by molar-refractivity contribution is -0.139. The molecule has 2 aromatic heterocycles. The number of aromatic amines is 1. The first-order valence-corrected chi connectivity index (χ1v) is 13.7. The van der Waals surface area contributed by atoms with E-state index in [1.165, 1.54) is 6.92 Å². The van der Waals surface area contributed by atoms with E-state index in [4.69, 9.17) is 0 Å². The number of alkyl halides is 6. The second-order valence-electron chi connectivity index (χ2n) is 10.9. The number of ketones is 1. The van der Waals surface area contributed by atoms with Gasteiger partial charge in [0, 0.05) is 44.1 Å². The molecule has 0 bridgehead atoms. The second-order valence-corrected chi connectivity index (χ2v) is 10.9. The molecule has 0 aromatic carbocycles. The summed E-state index contributed by atoms with van der Waals surface area (Å²) in [6.45, 7) is 9.41. The zero-order valence-electron chi connectivity index (χ0n) is 24.2. The standard InChI is InChI=1S/C15H18F3N3O2.C13H18F3N3/c1-4-11(21(3)7-8(2)22)9-5-6-10-12(15(16,17)18)14(23)20-19-13(9)10;1-9-3-5-19(6-4-10(9)2)12-17-7-11(8-18-12)13(14,15)16/h4,9H,5-7H2,1-3H3,(H,20,23);7-10H,3-6H2,1-2H3. The van der Waals surface area contributed by atoms with Crippen LogP contribution < -0.4 is 10.5 Å². The molecular formula is C28H36F6N6O2. The molecule has 232 valence electrons. The van der Waals surface area contributed by atoms with Gasteiger partial charge in [-0.15, -0.1) is 0 Å². The van der Waals surface area contributed by atoms with Crippen molar-refractivity contribution in [3.05, 3.63) is 56.9 Å². The van der Waals surface area contributed by atoms with Crippen molar-refractivity contribution in [2.75, 3.05) is 31.6 Å². The summed E-state index contributed by atoms with van der Waals surface area (Å²) in [5, 5.41) is 5.81. The highest BCUT2D eigenvalue weighted by atomic mass is 19.4. The molecule has 1 N–H and O–H groups in total. The number of aromatic nitrogens is 4. The Morgan fingerprint density at radius 3 is 2.10 bits per heavy atom. The van der Waals surface area contributed by atoms with Gasteiger partial charge in [0.25, 0.3) is 5.56 Å². The number of carbonyl (C=O) groups excluding carboxylic acids is 1. The van der Waals surface area contributed by atoms with Crippen LogP contribution in [0.25, 0.3) is 0 Å². The third-order valence-corrected chi connectivity index (χ3v) is 7.89. The average molecular weight is 603 g/mol. The minimum absolute atomic E-state index is 0.0400. The van der Waals surface area contributed by atoms with Gasteiger partial charge in [-0.05, 0) is 56.9 Å². The summed E-state index contributed by atoms with van der Waals surface area (Å²) in [5.74, 6) is 1.24. The largest absolute Gasteiger partial charge is 0.422 e. The molecule has 42 heavy (non-hydrogen) atoms. The van der Waals surface area contributed by atoms with Gasteiger partial charge in [0.1, 0.15) is 11.3 Å². The van der Waals surface area contributed by atoms with E-state index in [0.717, 1.165) is 44.0 Å².